The molecule has 1 amide bonds. The van der Waals surface area contributed by atoms with E-state index in [1.165, 1.54) is 4.31 Å². The molecule has 30 heavy (non-hydrogen) atoms. The number of fused-ring (bicyclic) bond motifs is 2. The first-order valence-corrected chi connectivity index (χ1v) is 11.5. The summed E-state index contributed by atoms with van der Waals surface area (Å²) in [6.07, 6.45) is 0.566. The largest absolute Gasteiger partial charge is 0.507 e. The van der Waals surface area contributed by atoms with Crippen molar-refractivity contribution in [1.82, 2.24) is 4.31 Å². The third kappa shape index (κ3) is 3.34. The van der Waals surface area contributed by atoms with Gasteiger partial charge in [0.15, 0.2) is 0 Å². The van der Waals surface area contributed by atoms with Gasteiger partial charge in [0, 0.05) is 25.3 Å². The van der Waals surface area contributed by atoms with Crippen molar-refractivity contribution in [3.05, 3.63) is 65.7 Å². The number of hydrogen-bond acceptors (Lipinski definition) is 4. The van der Waals surface area contributed by atoms with Gasteiger partial charge in [-0.1, -0.05) is 38.1 Å². The van der Waals surface area contributed by atoms with Crippen LogP contribution in [-0.2, 0) is 16.4 Å². The van der Waals surface area contributed by atoms with Crippen LogP contribution in [0.5, 0.6) is 5.75 Å². The average molecular weight is 425 g/mol. The molecule has 156 valence electrons. The number of carbonyl (C=O) groups excluding carboxylic acids is 1. The van der Waals surface area contributed by atoms with Gasteiger partial charge < -0.3 is 10.0 Å². The number of rotatable bonds is 5. The molecule has 0 aliphatic carbocycles. The van der Waals surface area contributed by atoms with Gasteiger partial charge in [-0.25, -0.2) is 8.42 Å². The van der Waals surface area contributed by atoms with Crippen molar-refractivity contribution < 1.29 is 18.3 Å². The first kappa shape index (κ1) is 20.4. The number of benzene rings is 3. The molecule has 1 aliphatic heterocycles. The van der Waals surface area contributed by atoms with E-state index in [2.05, 4.69) is 0 Å². The lowest BCUT2D eigenvalue weighted by molar-refractivity contribution is 0.0987. The van der Waals surface area contributed by atoms with Gasteiger partial charge in [0.1, 0.15) is 5.75 Å². The van der Waals surface area contributed by atoms with Crippen molar-refractivity contribution in [2.45, 2.75) is 25.2 Å². The zero-order valence-electron chi connectivity index (χ0n) is 17.0. The van der Waals surface area contributed by atoms with E-state index in [0.29, 0.717) is 31.7 Å². The Balaban J connectivity index is 1.69. The van der Waals surface area contributed by atoms with Crippen molar-refractivity contribution >= 4 is 32.4 Å². The molecule has 3 aromatic carbocycles. The van der Waals surface area contributed by atoms with Gasteiger partial charge in [-0.05, 0) is 53.1 Å². The van der Waals surface area contributed by atoms with Gasteiger partial charge in [0.25, 0.3) is 5.91 Å². The quantitative estimate of drug-likeness (QED) is 0.676. The molecule has 0 unspecified atom stereocenters. The summed E-state index contributed by atoms with van der Waals surface area (Å²) in [6, 6.07) is 15.7. The van der Waals surface area contributed by atoms with E-state index in [-0.39, 0.29) is 22.1 Å². The Labute approximate surface area is 176 Å². The molecule has 0 fully saturated rings. The van der Waals surface area contributed by atoms with Gasteiger partial charge in [0.05, 0.1) is 10.5 Å². The van der Waals surface area contributed by atoms with Gasteiger partial charge in [0.2, 0.25) is 10.0 Å². The molecule has 7 heteroatoms. The molecule has 6 nitrogen and oxygen atoms in total. The molecule has 0 bridgehead atoms. The van der Waals surface area contributed by atoms with Gasteiger partial charge >= 0.3 is 0 Å². The minimum absolute atomic E-state index is 0.0621. The number of aromatic hydroxyl groups is 1. The molecule has 0 atom stereocenters. The smallest absolute Gasteiger partial charge is 0.262 e. The molecule has 1 N–H and O–H groups in total. The molecule has 1 heterocycles. The summed E-state index contributed by atoms with van der Waals surface area (Å²) in [4.78, 5) is 15.0. The van der Waals surface area contributed by atoms with Crippen LogP contribution in [0.25, 0.3) is 10.8 Å². The van der Waals surface area contributed by atoms with Gasteiger partial charge in [-0.2, -0.15) is 4.31 Å². The maximum absolute atomic E-state index is 13.2. The van der Waals surface area contributed by atoms with E-state index >= 15 is 0 Å². The number of anilines is 1. The van der Waals surface area contributed by atoms with Crippen molar-refractivity contribution in [3.8, 4) is 5.75 Å². The summed E-state index contributed by atoms with van der Waals surface area (Å²) in [6.45, 7) is 4.87. The highest BCUT2D eigenvalue weighted by Crippen LogP contribution is 2.34. The lowest BCUT2D eigenvalue weighted by Gasteiger charge is -2.20. The second-order valence-corrected chi connectivity index (χ2v) is 9.24. The molecule has 0 aromatic heterocycles. The molecule has 4 rings (SSSR count). The Kier molecular flexibility index (Phi) is 5.26. The molecule has 0 saturated heterocycles. The Morgan fingerprint density at radius 3 is 2.37 bits per heavy atom. The van der Waals surface area contributed by atoms with Gasteiger partial charge in [-0.3, -0.25) is 4.79 Å². The third-order valence-electron chi connectivity index (χ3n) is 5.63. The number of carbonyl (C=O) groups is 1. The highest BCUT2D eigenvalue weighted by atomic mass is 32.2. The van der Waals surface area contributed by atoms with E-state index in [1.807, 2.05) is 38.1 Å². The molecule has 0 spiro atoms. The van der Waals surface area contributed by atoms with Crippen LogP contribution in [0.1, 0.15) is 29.8 Å². The summed E-state index contributed by atoms with van der Waals surface area (Å²) < 4.78 is 27.0. The predicted octanol–water partition coefficient (Wildman–Crippen LogP) is 3.78. The van der Waals surface area contributed by atoms with E-state index in [4.69, 9.17) is 0 Å². The topological polar surface area (TPSA) is 77.9 Å². The van der Waals surface area contributed by atoms with Crippen LogP contribution in [0.15, 0.2) is 59.5 Å². The van der Waals surface area contributed by atoms with Crippen LogP contribution in [0.2, 0.25) is 0 Å². The molecular weight excluding hydrogens is 400 g/mol. The highest BCUT2D eigenvalue weighted by molar-refractivity contribution is 7.89. The number of phenols is 1. The fraction of sp³-hybridized carbons (Fsp3) is 0.261. The van der Waals surface area contributed by atoms with Gasteiger partial charge in [-0.15, -0.1) is 0 Å². The zero-order valence-corrected chi connectivity index (χ0v) is 17.8. The Bertz CT molecular complexity index is 1230. The fourth-order valence-corrected chi connectivity index (χ4v) is 5.52. The molecule has 3 aromatic rings. The summed E-state index contributed by atoms with van der Waals surface area (Å²) in [5, 5.41) is 12.2. The molecule has 1 aliphatic rings. The predicted molar refractivity (Wildman–Crippen MR) is 118 cm³/mol. The fourth-order valence-electron chi connectivity index (χ4n) is 4.01. The summed E-state index contributed by atoms with van der Waals surface area (Å²) in [5.41, 5.74) is 1.74. The van der Waals surface area contributed by atoms with Crippen LogP contribution in [0.3, 0.4) is 0 Å². The van der Waals surface area contributed by atoms with Crippen molar-refractivity contribution in [2.75, 3.05) is 24.5 Å². The minimum atomic E-state index is -3.55. The van der Waals surface area contributed by atoms with Crippen molar-refractivity contribution in [2.24, 2.45) is 0 Å². The number of amides is 1. The molecular formula is C23H24N2O4S. The second kappa shape index (κ2) is 7.74. The monoisotopic (exact) mass is 424 g/mol. The van der Waals surface area contributed by atoms with Crippen LogP contribution in [0, 0.1) is 0 Å². The van der Waals surface area contributed by atoms with Crippen LogP contribution >= 0.6 is 0 Å². The van der Waals surface area contributed by atoms with Crippen LogP contribution < -0.4 is 4.90 Å². The highest BCUT2D eigenvalue weighted by Gasteiger charge is 2.30. The number of hydrogen-bond donors (Lipinski definition) is 1. The van der Waals surface area contributed by atoms with Crippen molar-refractivity contribution in [3.63, 3.8) is 0 Å². The standard InChI is InChI=1S/C23H24N2O4S/c1-3-24(4-2)30(28,29)19-9-10-21-18(13-19)11-12-25(21)23(27)20-14-16-7-5-6-8-17(16)15-22(20)26/h5-10,13-15,26H,3-4,11-12H2,1-2H3. The first-order chi connectivity index (χ1) is 14.4. The lowest BCUT2D eigenvalue weighted by Crippen LogP contribution is -2.30. The maximum atomic E-state index is 13.2. The average Bonchev–Trinajstić information content (AvgIpc) is 3.16. The lowest BCUT2D eigenvalue weighted by atomic mass is 10.0. The summed E-state index contributed by atoms with van der Waals surface area (Å²) >= 11 is 0. The van der Waals surface area contributed by atoms with E-state index < -0.39 is 10.0 Å². The zero-order chi connectivity index (χ0) is 21.5. The Hall–Kier alpha value is -2.90. The summed E-state index contributed by atoms with van der Waals surface area (Å²) in [7, 11) is -3.55. The normalized spacial score (nSPS) is 13.8. The summed E-state index contributed by atoms with van der Waals surface area (Å²) in [5.74, 6) is -0.357. The number of nitrogens with zero attached hydrogens (tertiary/aromatic N) is 2. The van der Waals surface area contributed by atoms with E-state index in [1.54, 1.807) is 35.2 Å². The van der Waals surface area contributed by atoms with Crippen molar-refractivity contribution in [1.29, 1.82) is 0 Å². The maximum Gasteiger partial charge on any atom is 0.262 e. The SMILES string of the molecule is CCN(CC)S(=O)(=O)c1ccc2c(c1)CCN2C(=O)c1cc2ccccc2cc1O. The second-order valence-electron chi connectivity index (χ2n) is 7.30. The number of phenolic OH excluding ortho intramolecular Hbond substituents is 1. The number of sulfonamides is 1. The van der Waals surface area contributed by atoms with Crippen LogP contribution in [-0.4, -0.2) is 43.4 Å². The first-order valence-electron chi connectivity index (χ1n) is 10.0. The third-order valence-corrected chi connectivity index (χ3v) is 7.68. The van der Waals surface area contributed by atoms with E-state index in [9.17, 15) is 18.3 Å². The molecule has 0 radical (unpaired) electrons. The molecule has 0 saturated carbocycles. The minimum Gasteiger partial charge on any atom is -0.507 e. The Morgan fingerprint density at radius 1 is 1.03 bits per heavy atom. The Morgan fingerprint density at radius 2 is 1.70 bits per heavy atom. The van der Waals surface area contributed by atoms with Crippen LogP contribution in [0.4, 0.5) is 5.69 Å². The van der Waals surface area contributed by atoms with E-state index in [0.717, 1.165) is 16.3 Å².